The van der Waals surface area contributed by atoms with E-state index < -0.39 is 23.9 Å². The van der Waals surface area contributed by atoms with Crippen molar-refractivity contribution < 1.29 is 14.4 Å². The van der Waals surface area contributed by atoms with Gasteiger partial charge in [0, 0.05) is 25.2 Å². The molecule has 4 rings (SSSR count). The van der Waals surface area contributed by atoms with E-state index in [-0.39, 0.29) is 18.2 Å². The van der Waals surface area contributed by atoms with Gasteiger partial charge in [-0.1, -0.05) is 30.3 Å². The van der Waals surface area contributed by atoms with Gasteiger partial charge in [-0.15, -0.1) is 0 Å². The number of rotatable bonds is 4. The molecule has 4 N–H and O–H groups in total. The number of pyridine rings is 1. The van der Waals surface area contributed by atoms with E-state index in [1.807, 2.05) is 18.2 Å². The molecule has 3 atom stereocenters. The molecule has 0 bridgehead atoms. The second-order valence-electron chi connectivity index (χ2n) is 7.93. The normalized spacial score (nSPS) is 23.7. The van der Waals surface area contributed by atoms with Gasteiger partial charge in [-0.3, -0.25) is 14.5 Å². The van der Waals surface area contributed by atoms with Crippen molar-refractivity contribution in [1.29, 1.82) is 0 Å². The minimum Gasteiger partial charge on any atom is -0.384 e. The van der Waals surface area contributed by atoms with Crippen LogP contribution in [0.5, 0.6) is 0 Å². The predicted octanol–water partition coefficient (Wildman–Crippen LogP) is 1.52. The van der Waals surface area contributed by atoms with Gasteiger partial charge in [0.2, 0.25) is 11.8 Å². The summed E-state index contributed by atoms with van der Waals surface area (Å²) in [5.41, 5.74) is 13.2. The van der Waals surface area contributed by atoms with Crippen LogP contribution in [0.2, 0.25) is 0 Å². The molecule has 2 aliphatic heterocycles. The molecule has 8 heteroatoms. The Labute approximate surface area is 174 Å². The molecular weight excluding hydrogens is 382 g/mol. The molecule has 3 heterocycles. The summed E-state index contributed by atoms with van der Waals surface area (Å²) < 4.78 is 0. The molecule has 2 aliphatic rings. The van der Waals surface area contributed by atoms with E-state index >= 15 is 0 Å². The van der Waals surface area contributed by atoms with Crippen LogP contribution in [-0.2, 0) is 16.0 Å². The highest BCUT2D eigenvalue weighted by atomic mass is 16.2. The Morgan fingerprint density at radius 1 is 1.17 bits per heavy atom. The topological polar surface area (TPSA) is 123 Å². The zero-order valence-corrected chi connectivity index (χ0v) is 16.6. The first-order valence-electron chi connectivity index (χ1n) is 10.1. The summed E-state index contributed by atoms with van der Waals surface area (Å²) in [6.45, 7) is 1.08. The average molecular weight is 407 g/mol. The largest absolute Gasteiger partial charge is 0.384 e. The van der Waals surface area contributed by atoms with Gasteiger partial charge in [-0.2, -0.15) is 0 Å². The second kappa shape index (κ2) is 8.14. The predicted molar refractivity (Wildman–Crippen MR) is 111 cm³/mol. The van der Waals surface area contributed by atoms with Crippen LogP contribution in [0.15, 0.2) is 48.7 Å². The van der Waals surface area contributed by atoms with Crippen molar-refractivity contribution in [2.75, 3.05) is 18.8 Å². The lowest BCUT2D eigenvalue weighted by Gasteiger charge is -2.46. The smallest absolute Gasteiger partial charge is 0.327 e. The van der Waals surface area contributed by atoms with Crippen molar-refractivity contribution in [2.45, 2.75) is 31.2 Å². The summed E-state index contributed by atoms with van der Waals surface area (Å²) in [5, 5.41) is 0. The molecule has 8 nitrogen and oxygen atoms in total. The van der Waals surface area contributed by atoms with Gasteiger partial charge in [-0.25, -0.2) is 9.78 Å². The van der Waals surface area contributed by atoms with Crippen LogP contribution in [-0.4, -0.2) is 51.8 Å². The van der Waals surface area contributed by atoms with Crippen molar-refractivity contribution in [2.24, 2.45) is 11.7 Å². The minimum absolute atomic E-state index is 0.211. The molecule has 0 aliphatic carbocycles. The molecule has 0 spiro atoms. The van der Waals surface area contributed by atoms with E-state index in [1.165, 1.54) is 5.56 Å². The number of imide groups is 1. The Hall–Kier alpha value is -3.42. The number of anilines is 1. The fourth-order valence-electron chi connectivity index (χ4n) is 4.46. The second-order valence-corrected chi connectivity index (χ2v) is 7.93. The monoisotopic (exact) mass is 407 g/mol. The number of aromatic nitrogens is 1. The first-order valence-corrected chi connectivity index (χ1v) is 10.1. The average Bonchev–Trinajstić information content (AvgIpc) is 2.75. The van der Waals surface area contributed by atoms with Gasteiger partial charge in [0.05, 0.1) is 5.92 Å². The molecule has 1 unspecified atom stereocenters. The van der Waals surface area contributed by atoms with Gasteiger partial charge in [0.25, 0.3) is 0 Å². The van der Waals surface area contributed by atoms with Crippen molar-refractivity contribution in [1.82, 2.24) is 14.8 Å². The van der Waals surface area contributed by atoms with Gasteiger partial charge >= 0.3 is 6.03 Å². The Morgan fingerprint density at radius 3 is 2.63 bits per heavy atom. The number of amides is 4. The maximum Gasteiger partial charge on any atom is 0.327 e. The zero-order chi connectivity index (χ0) is 21.3. The Balaban J connectivity index is 1.48. The Bertz CT molecular complexity index is 964. The molecular formula is C22H25N5O3. The number of piperidine rings is 1. The highest BCUT2D eigenvalue weighted by Crippen LogP contribution is 2.33. The van der Waals surface area contributed by atoms with Gasteiger partial charge < -0.3 is 16.4 Å². The third-order valence-electron chi connectivity index (χ3n) is 5.98. The van der Waals surface area contributed by atoms with Crippen LogP contribution in [0, 0.1) is 5.92 Å². The van der Waals surface area contributed by atoms with Crippen LogP contribution >= 0.6 is 0 Å². The lowest BCUT2D eigenvalue weighted by Crippen LogP contribution is -2.70. The number of β-lactam (4-membered cyclic amide) rings is 1. The van der Waals surface area contributed by atoms with Crippen molar-refractivity contribution in [3.8, 4) is 0 Å². The Kier molecular flexibility index (Phi) is 5.39. The third-order valence-corrected chi connectivity index (χ3v) is 5.98. The lowest BCUT2D eigenvalue weighted by molar-refractivity contribution is -0.157. The first kappa shape index (κ1) is 19.9. The van der Waals surface area contributed by atoms with Crippen LogP contribution in [0.25, 0.3) is 0 Å². The highest BCUT2D eigenvalue weighted by Gasteiger charge is 2.54. The SMILES string of the molecule is NC(=O)[C@@H]1C(Cc2ccnc(N)c2)C(=O)N1C(=O)N1CCC[C@@H](c2ccccc2)C1. The van der Waals surface area contributed by atoms with E-state index in [9.17, 15) is 14.4 Å². The van der Waals surface area contributed by atoms with E-state index in [0.717, 1.165) is 23.3 Å². The van der Waals surface area contributed by atoms with E-state index in [2.05, 4.69) is 17.1 Å². The van der Waals surface area contributed by atoms with Crippen LogP contribution in [0.1, 0.15) is 29.9 Å². The summed E-state index contributed by atoms with van der Waals surface area (Å²) in [5.74, 6) is -1.17. The zero-order valence-electron chi connectivity index (χ0n) is 16.6. The van der Waals surface area contributed by atoms with Crippen LogP contribution in [0.4, 0.5) is 10.6 Å². The molecule has 4 amide bonds. The standard InChI is InChI=1S/C22H25N5O3/c23-18-12-14(8-9-25-18)11-17-19(20(24)28)27(21(17)29)22(30)26-10-4-7-16(13-26)15-5-2-1-3-6-15/h1-3,5-6,8-9,12,16-17,19H,4,7,10-11,13H2,(H2,23,25)(H2,24,28)/t16-,17?,19+/m1/s1. The molecule has 0 saturated carbocycles. The quantitative estimate of drug-likeness (QED) is 0.744. The number of nitrogens with zero attached hydrogens (tertiary/aromatic N) is 3. The fraction of sp³-hybridized carbons (Fsp3) is 0.364. The maximum absolute atomic E-state index is 13.1. The summed E-state index contributed by atoms with van der Waals surface area (Å²) in [6, 6.07) is 12.0. The number of hydrogen-bond donors (Lipinski definition) is 2. The first-order chi connectivity index (χ1) is 14.5. The molecule has 2 fully saturated rings. The number of hydrogen-bond acceptors (Lipinski definition) is 5. The molecule has 156 valence electrons. The summed E-state index contributed by atoms with van der Waals surface area (Å²) in [7, 11) is 0. The number of carbonyl (C=O) groups excluding carboxylic acids is 3. The summed E-state index contributed by atoms with van der Waals surface area (Å²) in [6.07, 6.45) is 3.66. The summed E-state index contributed by atoms with van der Waals surface area (Å²) >= 11 is 0. The number of nitrogens with two attached hydrogens (primary N) is 2. The number of likely N-dealkylation sites (tertiary alicyclic amines) is 2. The van der Waals surface area contributed by atoms with Crippen molar-refractivity contribution >= 4 is 23.7 Å². The number of primary amides is 1. The van der Waals surface area contributed by atoms with E-state index in [0.29, 0.717) is 18.9 Å². The number of benzene rings is 1. The molecule has 30 heavy (non-hydrogen) atoms. The molecule has 2 saturated heterocycles. The van der Waals surface area contributed by atoms with Crippen molar-refractivity contribution in [3.63, 3.8) is 0 Å². The fourth-order valence-corrected chi connectivity index (χ4v) is 4.46. The van der Waals surface area contributed by atoms with Gasteiger partial charge in [-0.05, 0) is 42.5 Å². The minimum atomic E-state index is -0.948. The number of urea groups is 1. The molecule has 2 aromatic rings. The van der Waals surface area contributed by atoms with Gasteiger partial charge in [0.15, 0.2) is 0 Å². The molecule has 1 aromatic heterocycles. The van der Waals surface area contributed by atoms with Gasteiger partial charge in [0.1, 0.15) is 11.9 Å². The van der Waals surface area contributed by atoms with Crippen LogP contribution in [0.3, 0.4) is 0 Å². The van der Waals surface area contributed by atoms with Crippen molar-refractivity contribution in [3.05, 3.63) is 59.8 Å². The number of nitrogen functional groups attached to an aromatic ring is 1. The lowest BCUT2D eigenvalue weighted by atomic mass is 9.82. The third kappa shape index (κ3) is 3.72. The van der Waals surface area contributed by atoms with E-state index in [4.69, 9.17) is 11.5 Å². The molecule has 1 aromatic carbocycles. The summed E-state index contributed by atoms with van der Waals surface area (Å²) in [4.78, 5) is 44.7. The maximum atomic E-state index is 13.1. The molecule has 0 radical (unpaired) electrons. The van der Waals surface area contributed by atoms with E-state index in [1.54, 1.807) is 23.2 Å². The van der Waals surface area contributed by atoms with Crippen LogP contribution < -0.4 is 11.5 Å². The highest BCUT2D eigenvalue weighted by molar-refractivity contribution is 6.08. The Morgan fingerprint density at radius 2 is 1.93 bits per heavy atom. The number of carbonyl (C=O) groups is 3.